The van der Waals surface area contributed by atoms with Crippen molar-refractivity contribution >= 4 is 32.8 Å². The summed E-state index contributed by atoms with van der Waals surface area (Å²) in [6.07, 6.45) is 1.25. The van der Waals surface area contributed by atoms with Crippen molar-refractivity contribution in [1.29, 1.82) is 0 Å². The van der Waals surface area contributed by atoms with Gasteiger partial charge in [-0.1, -0.05) is 23.5 Å². The second-order valence-corrected chi connectivity index (χ2v) is 7.05. The van der Waals surface area contributed by atoms with Crippen LogP contribution in [0.3, 0.4) is 0 Å². The van der Waals surface area contributed by atoms with Crippen molar-refractivity contribution in [3.05, 3.63) is 42.2 Å². The molecule has 1 fully saturated rings. The smallest absolute Gasteiger partial charge is 0.306 e. The lowest BCUT2D eigenvalue weighted by atomic mass is 9.98. The Bertz CT molecular complexity index is 935. The monoisotopic (exact) mass is 357 g/mol. The summed E-state index contributed by atoms with van der Waals surface area (Å²) in [4.78, 5) is 23.1. The van der Waals surface area contributed by atoms with E-state index >= 15 is 0 Å². The minimum atomic E-state index is -0.722. The van der Waals surface area contributed by atoms with E-state index in [1.165, 1.54) is 17.4 Å². The molecule has 0 atom stereocenters. The molecule has 0 bridgehead atoms. The average Bonchev–Trinajstić information content (AvgIpc) is 3.05. The van der Waals surface area contributed by atoms with Gasteiger partial charge < -0.3 is 10.0 Å². The van der Waals surface area contributed by atoms with Crippen molar-refractivity contribution < 1.29 is 14.3 Å². The van der Waals surface area contributed by atoms with Gasteiger partial charge in [0.1, 0.15) is 16.2 Å². The number of benzene rings is 1. The lowest BCUT2D eigenvalue weighted by Crippen LogP contribution is -2.36. The van der Waals surface area contributed by atoms with Crippen molar-refractivity contribution in [1.82, 2.24) is 9.97 Å². The summed E-state index contributed by atoms with van der Waals surface area (Å²) in [5, 5.41) is 9.94. The number of aromatic nitrogens is 2. The molecule has 4 rings (SSSR count). The van der Waals surface area contributed by atoms with Crippen LogP contribution in [0.25, 0.3) is 21.6 Å². The molecule has 1 aliphatic rings. The number of rotatable bonds is 3. The first-order valence-corrected chi connectivity index (χ1v) is 8.94. The third-order valence-corrected chi connectivity index (χ3v) is 5.53. The first-order valence-electron chi connectivity index (χ1n) is 8.12. The number of thiazole rings is 1. The molecule has 0 radical (unpaired) electrons. The number of halogens is 1. The van der Waals surface area contributed by atoms with Crippen LogP contribution in [0.1, 0.15) is 12.8 Å². The standard InChI is InChI=1S/C18H16FN3O2S/c19-13-4-2-1-3-12(13)14-5-6-15-16(20-14)25-18(21-15)22-9-7-11(8-10-22)17(23)24/h1-6,11H,7-10H2,(H,23,24). The number of piperidine rings is 1. The summed E-state index contributed by atoms with van der Waals surface area (Å²) in [6, 6.07) is 10.2. The lowest BCUT2D eigenvalue weighted by Gasteiger charge is -2.29. The van der Waals surface area contributed by atoms with Crippen LogP contribution in [0.2, 0.25) is 0 Å². The number of carboxylic acids is 1. The van der Waals surface area contributed by atoms with Crippen LogP contribution in [-0.4, -0.2) is 34.1 Å². The van der Waals surface area contributed by atoms with Gasteiger partial charge in [-0.3, -0.25) is 4.79 Å². The summed E-state index contributed by atoms with van der Waals surface area (Å²) in [5.41, 5.74) is 1.84. The maximum atomic E-state index is 14.0. The molecule has 0 aliphatic carbocycles. The maximum Gasteiger partial charge on any atom is 0.306 e. The molecule has 3 aromatic rings. The SMILES string of the molecule is O=C(O)C1CCN(c2nc3ccc(-c4ccccc4F)nc3s2)CC1. The van der Waals surface area contributed by atoms with Crippen molar-refractivity contribution in [2.24, 2.45) is 5.92 Å². The second kappa shape index (κ2) is 6.40. The molecule has 1 aliphatic heterocycles. The first-order chi connectivity index (χ1) is 12.1. The number of aliphatic carboxylic acids is 1. The largest absolute Gasteiger partial charge is 0.481 e. The molecule has 0 amide bonds. The molecule has 128 valence electrons. The predicted octanol–water partition coefficient (Wildman–Crippen LogP) is 3.80. The summed E-state index contributed by atoms with van der Waals surface area (Å²) in [6.45, 7) is 1.36. The van der Waals surface area contributed by atoms with Gasteiger partial charge in [-0.2, -0.15) is 0 Å². The number of pyridine rings is 1. The van der Waals surface area contributed by atoms with Crippen LogP contribution >= 0.6 is 11.3 Å². The summed E-state index contributed by atoms with van der Waals surface area (Å²) in [5.74, 6) is -1.29. The molecule has 1 saturated heterocycles. The van der Waals surface area contributed by atoms with Crippen LogP contribution in [0.5, 0.6) is 0 Å². The van der Waals surface area contributed by atoms with Crippen molar-refractivity contribution in [3.63, 3.8) is 0 Å². The van der Waals surface area contributed by atoms with E-state index in [9.17, 15) is 9.18 Å². The first kappa shape index (κ1) is 16.0. The lowest BCUT2D eigenvalue weighted by molar-refractivity contribution is -0.142. The van der Waals surface area contributed by atoms with Gasteiger partial charge in [0.2, 0.25) is 0 Å². The zero-order valence-corrected chi connectivity index (χ0v) is 14.2. The van der Waals surface area contributed by atoms with Gasteiger partial charge in [-0.15, -0.1) is 0 Å². The molecule has 0 saturated carbocycles. The van der Waals surface area contributed by atoms with Gasteiger partial charge in [0.25, 0.3) is 0 Å². The van der Waals surface area contributed by atoms with Crippen molar-refractivity contribution in [3.8, 4) is 11.3 Å². The fourth-order valence-electron chi connectivity index (χ4n) is 3.08. The number of fused-ring (bicyclic) bond motifs is 1. The molecule has 3 heterocycles. The maximum absolute atomic E-state index is 14.0. The quantitative estimate of drug-likeness (QED) is 0.772. The number of anilines is 1. The molecular formula is C18H16FN3O2S. The Labute approximate surface area is 147 Å². The Morgan fingerprint density at radius 1 is 1.16 bits per heavy atom. The fraction of sp³-hybridized carbons (Fsp3) is 0.278. The minimum Gasteiger partial charge on any atom is -0.481 e. The Balaban J connectivity index is 1.61. The van der Waals surface area contributed by atoms with E-state index in [1.807, 2.05) is 6.07 Å². The van der Waals surface area contributed by atoms with Gasteiger partial charge in [0.05, 0.1) is 11.6 Å². The molecule has 1 N–H and O–H groups in total. The summed E-state index contributed by atoms with van der Waals surface area (Å²) >= 11 is 1.46. The van der Waals surface area contributed by atoms with E-state index in [0.29, 0.717) is 37.2 Å². The van der Waals surface area contributed by atoms with Crippen LogP contribution in [0.4, 0.5) is 9.52 Å². The molecule has 7 heteroatoms. The highest BCUT2D eigenvalue weighted by Crippen LogP contribution is 2.32. The van der Waals surface area contributed by atoms with E-state index in [2.05, 4.69) is 14.9 Å². The van der Waals surface area contributed by atoms with E-state index < -0.39 is 5.97 Å². The van der Waals surface area contributed by atoms with Gasteiger partial charge in [0.15, 0.2) is 5.13 Å². The molecule has 0 unspecified atom stereocenters. The number of hydrogen-bond acceptors (Lipinski definition) is 5. The number of carboxylic acid groups (broad SMARTS) is 1. The third kappa shape index (κ3) is 3.07. The molecule has 1 aromatic carbocycles. The van der Waals surface area contributed by atoms with Crippen LogP contribution < -0.4 is 4.90 Å². The normalized spacial score (nSPS) is 15.6. The van der Waals surface area contributed by atoms with Crippen LogP contribution in [-0.2, 0) is 4.79 Å². The Kier molecular flexibility index (Phi) is 4.09. The fourth-order valence-corrected chi connectivity index (χ4v) is 4.07. The third-order valence-electron chi connectivity index (χ3n) is 4.51. The van der Waals surface area contributed by atoms with Gasteiger partial charge in [-0.25, -0.2) is 14.4 Å². The molecule has 25 heavy (non-hydrogen) atoms. The van der Waals surface area contributed by atoms with Crippen LogP contribution in [0.15, 0.2) is 36.4 Å². The highest BCUT2D eigenvalue weighted by Gasteiger charge is 2.26. The zero-order valence-electron chi connectivity index (χ0n) is 13.4. The van der Waals surface area contributed by atoms with Gasteiger partial charge in [-0.05, 0) is 37.1 Å². The Morgan fingerprint density at radius 3 is 2.64 bits per heavy atom. The molecule has 0 spiro atoms. The van der Waals surface area contributed by atoms with E-state index in [-0.39, 0.29) is 11.7 Å². The zero-order chi connectivity index (χ0) is 17.4. The molecular weight excluding hydrogens is 341 g/mol. The second-order valence-electron chi connectivity index (χ2n) is 6.10. The van der Waals surface area contributed by atoms with E-state index in [4.69, 9.17) is 5.11 Å². The van der Waals surface area contributed by atoms with Crippen molar-refractivity contribution in [2.75, 3.05) is 18.0 Å². The van der Waals surface area contributed by atoms with Crippen molar-refractivity contribution in [2.45, 2.75) is 12.8 Å². The number of nitrogens with zero attached hydrogens (tertiary/aromatic N) is 3. The number of carbonyl (C=O) groups is 1. The summed E-state index contributed by atoms with van der Waals surface area (Å²) in [7, 11) is 0. The highest BCUT2D eigenvalue weighted by atomic mass is 32.1. The molecule has 2 aromatic heterocycles. The van der Waals surface area contributed by atoms with Gasteiger partial charge >= 0.3 is 5.97 Å². The van der Waals surface area contributed by atoms with E-state index in [0.717, 1.165) is 15.5 Å². The van der Waals surface area contributed by atoms with Gasteiger partial charge in [0, 0.05) is 18.7 Å². The highest BCUT2D eigenvalue weighted by molar-refractivity contribution is 7.21. The number of hydrogen-bond donors (Lipinski definition) is 1. The minimum absolute atomic E-state index is 0.267. The Morgan fingerprint density at radius 2 is 1.92 bits per heavy atom. The summed E-state index contributed by atoms with van der Waals surface area (Å²) < 4.78 is 14.0. The Hall–Kier alpha value is -2.54. The van der Waals surface area contributed by atoms with E-state index in [1.54, 1.807) is 24.3 Å². The predicted molar refractivity (Wildman–Crippen MR) is 95.4 cm³/mol. The average molecular weight is 357 g/mol. The molecule has 5 nitrogen and oxygen atoms in total. The topological polar surface area (TPSA) is 66.3 Å². The van der Waals surface area contributed by atoms with Crippen LogP contribution in [0, 0.1) is 11.7 Å².